The zero-order valence-corrected chi connectivity index (χ0v) is 14.2. The molecule has 0 bridgehead atoms. The first-order valence-corrected chi connectivity index (χ1v) is 8.59. The predicted molar refractivity (Wildman–Crippen MR) is 92.6 cm³/mol. The molecule has 7 heteroatoms. The molecule has 0 radical (unpaired) electrons. The van der Waals surface area contributed by atoms with Crippen molar-refractivity contribution in [2.45, 2.75) is 25.7 Å². The van der Waals surface area contributed by atoms with E-state index in [9.17, 15) is 5.11 Å². The number of rotatable bonds is 5. The van der Waals surface area contributed by atoms with Gasteiger partial charge in [-0.1, -0.05) is 5.21 Å². The lowest BCUT2D eigenvalue weighted by molar-refractivity contribution is 0.226. The van der Waals surface area contributed by atoms with Crippen molar-refractivity contribution in [2.75, 3.05) is 13.7 Å². The second-order valence-corrected chi connectivity index (χ2v) is 6.63. The molecular weight excluding hydrogens is 318 g/mol. The molecule has 7 nitrogen and oxygen atoms in total. The second kappa shape index (κ2) is 6.76. The van der Waals surface area contributed by atoms with Crippen molar-refractivity contribution in [2.24, 2.45) is 11.8 Å². The number of hydrogen-bond acceptors (Lipinski definition) is 6. The van der Waals surface area contributed by atoms with E-state index in [1.165, 1.54) is 0 Å². The van der Waals surface area contributed by atoms with Crippen molar-refractivity contribution in [3.05, 3.63) is 36.3 Å². The van der Waals surface area contributed by atoms with Crippen molar-refractivity contribution in [1.29, 1.82) is 0 Å². The fourth-order valence-electron chi connectivity index (χ4n) is 3.55. The molecule has 1 aromatic carbocycles. The Labute approximate surface area is 145 Å². The number of aromatic nitrogens is 5. The van der Waals surface area contributed by atoms with E-state index in [4.69, 9.17) is 9.72 Å². The van der Waals surface area contributed by atoms with Crippen LogP contribution in [-0.2, 0) is 6.42 Å². The summed E-state index contributed by atoms with van der Waals surface area (Å²) in [6.45, 7) is 0.282. The van der Waals surface area contributed by atoms with E-state index in [0.29, 0.717) is 23.0 Å². The van der Waals surface area contributed by atoms with Gasteiger partial charge in [0.25, 0.3) is 0 Å². The number of nitrogens with zero attached hydrogens (tertiary/aromatic N) is 5. The van der Waals surface area contributed by atoms with E-state index in [0.717, 1.165) is 42.9 Å². The molecule has 1 fully saturated rings. The number of aliphatic hydroxyl groups excluding tert-OH is 1. The third-order valence-corrected chi connectivity index (χ3v) is 4.94. The Morgan fingerprint density at radius 3 is 2.72 bits per heavy atom. The normalized spacial score (nSPS) is 20.2. The summed E-state index contributed by atoms with van der Waals surface area (Å²) in [4.78, 5) is 9.15. The summed E-state index contributed by atoms with van der Waals surface area (Å²) >= 11 is 0. The molecule has 0 spiro atoms. The van der Waals surface area contributed by atoms with Gasteiger partial charge < -0.3 is 9.84 Å². The van der Waals surface area contributed by atoms with E-state index < -0.39 is 0 Å². The maximum Gasteiger partial charge on any atom is 0.187 e. The first kappa shape index (κ1) is 16.0. The van der Waals surface area contributed by atoms with Crippen LogP contribution in [0.2, 0.25) is 0 Å². The van der Waals surface area contributed by atoms with Crippen molar-refractivity contribution in [3.63, 3.8) is 0 Å². The second-order valence-electron chi connectivity index (χ2n) is 6.63. The topological polar surface area (TPSA) is 86.0 Å². The van der Waals surface area contributed by atoms with Crippen LogP contribution >= 0.6 is 0 Å². The van der Waals surface area contributed by atoms with Crippen molar-refractivity contribution < 1.29 is 9.84 Å². The van der Waals surface area contributed by atoms with Gasteiger partial charge in [0, 0.05) is 13.0 Å². The van der Waals surface area contributed by atoms with Gasteiger partial charge in [0.05, 0.1) is 19.0 Å². The maximum atomic E-state index is 9.30. The van der Waals surface area contributed by atoms with Crippen LogP contribution in [-0.4, -0.2) is 43.8 Å². The summed E-state index contributed by atoms with van der Waals surface area (Å²) in [6.07, 6.45) is 5.84. The molecule has 130 valence electrons. The van der Waals surface area contributed by atoms with Gasteiger partial charge in [-0.3, -0.25) is 0 Å². The van der Waals surface area contributed by atoms with Gasteiger partial charge in [0.15, 0.2) is 11.2 Å². The third kappa shape index (κ3) is 3.19. The highest BCUT2D eigenvalue weighted by Gasteiger charge is 2.25. The summed E-state index contributed by atoms with van der Waals surface area (Å²) in [5.41, 5.74) is 2.28. The molecule has 3 aromatic rings. The summed E-state index contributed by atoms with van der Waals surface area (Å²) < 4.78 is 6.92. The van der Waals surface area contributed by atoms with Crippen LogP contribution in [0.25, 0.3) is 16.9 Å². The summed E-state index contributed by atoms with van der Waals surface area (Å²) in [5, 5.41) is 17.7. The molecule has 0 unspecified atom stereocenters. The fraction of sp³-hybridized carbons (Fsp3) is 0.444. The molecule has 2 atom stereocenters. The molecule has 2 heterocycles. The van der Waals surface area contributed by atoms with Gasteiger partial charge in [0.2, 0.25) is 0 Å². The summed E-state index contributed by atoms with van der Waals surface area (Å²) in [5.74, 6) is 2.58. The number of hydrogen-bond donors (Lipinski definition) is 1. The number of benzene rings is 1. The molecule has 25 heavy (non-hydrogen) atoms. The molecule has 1 aliphatic carbocycles. The predicted octanol–water partition coefficient (Wildman–Crippen LogP) is 2.17. The number of ether oxygens (including phenoxy) is 1. The van der Waals surface area contributed by atoms with Crippen LogP contribution < -0.4 is 4.74 Å². The minimum absolute atomic E-state index is 0.282. The molecule has 2 aromatic heterocycles. The van der Waals surface area contributed by atoms with Gasteiger partial charge >= 0.3 is 0 Å². The minimum Gasteiger partial charge on any atom is -0.497 e. The fourth-order valence-corrected chi connectivity index (χ4v) is 3.55. The van der Waals surface area contributed by atoms with Crippen LogP contribution in [0.5, 0.6) is 5.75 Å². The molecular formula is C18H21N5O2. The van der Waals surface area contributed by atoms with Crippen LogP contribution in [0.3, 0.4) is 0 Å². The molecule has 1 aliphatic rings. The van der Waals surface area contributed by atoms with Gasteiger partial charge in [0.1, 0.15) is 11.6 Å². The number of aliphatic hydroxyl groups is 1. The highest BCUT2D eigenvalue weighted by Crippen LogP contribution is 2.32. The van der Waals surface area contributed by atoms with E-state index in [-0.39, 0.29) is 6.61 Å². The van der Waals surface area contributed by atoms with Gasteiger partial charge in [-0.15, -0.1) is 5.10 Å². The van der Waals surface area contributed by atoms with Crippen molar-refractivity contribution in [3.8, 4) is 11.4 Å². The van der Waals surface area contributed by atoms with Crippen LogP contribution in [0.4, 0.5) is 0 Å². The molecule has 0 saturated heterocycles. The largest absolute Gasteiger partial charge is 0.497 e. The van der Waals surface area contributed by atoms with Gasteiger partial charge in [-0.2, -0.15) is 4.68 Å². The zero-order chi connectivity index (χ0) is 17.2. The van der Waals surface area contributed by atoms with Crippen LogP contribution in [0, 0.1) is 11.8 Å². The summed E-state index contributed by atoms with van der Waals surface area (Å²) in [6, 6.07) is 7.63. The highest BCUT2D eigenvalue weighted by molar-refractivity contribution is 5.70. The SMILES string of the molecule is COc1ccc(-n2nnc3cnc(C[C@H]4CC[C@H](CO)C4)nc32)cc1. The molecule has 1 N–H and O–H groups in total. The monoisotopic (exact) mass is 339 g/mol. The number of methoxy groups -OCH3 is 1. The molecule has 0 amide bonds. The lowest BCUT2D eigenvalue weighted by atomic mass is 10.0. The smallest absolute Gasteiger partial charge is 0.187 e. The Bertz CT molecular complexity index is 862. The Hall–Kier alpha value is -2.54. The third-order valence-electron chi connectivity index (χ3n) is 4.94. The van der Waals surface area contributed by atoms with Crippen LogP contribution in [0.1, 0.15) is 25.1 Å². The van der Waals surface area contributed by atoms with Crippen LogP contribution in [0.15, 0.2) is 30.5 Å². The van der Waals surface area contributed by atoms with Gasteiger partial charge in [-0.05, 0) is 55.4 Å². The first-order valence-electron chi connectivity index (χ1n) is 8.59. The Morgan fingerprint density at radius 2 is 2.00 bits per heavy atom. The summed E-state index contributed by atoms with van der Waals surface area (Å²) in [7, 11) is 1.64. The lowest BCUT2D eigenvalue weighted by Crippen LogP contribution is -2.07. The quantitative estimate of drug-likeness (QED) is 0.767. The lowest BCUT2D eigenvalue weighted by Gasteiger charge is -2.09. The van der Waals surface area contributed by atoms with E-state index >= 15 is 0 Å². The molecule has 1 saturated carbocycles. The maximum absolute atomic E-state index is 9.30. The Morgan fingerprint density at radius 1 is 1.20 bits per heavy atom. The molecule has 0 aliphatic heterocycles. The highest BCUT2D eigenvalue weighted by atomic mass is 16.5. The van der Waals surface area contributed by atoms with Crippen molar-refractivity contribution in [1.82, 2.24) is 25.0 Å². The van der Waals surface area contributed by atoms with E-state index in [1.54, 1.807) is 18.0 Å². The number of fused-ring (bicyclic) bond motifs is 1. The van der Waals surface area contributed by atoms with E-state index in [1.807, 2.05) is 24.3 Å². The Balaban J connectivity index is 1.61. The molecule has 4 rings (SSSR count). The van der Waals surface area contributed by atoms with Crippen molar-refractivity contribution >= 4 is 11.2 Å². The average molecular weight is 339 g/mol. The minimum atomic E-state index is 0.282. The van der Waals surface area contributed by atoms with Gasteiger partial charge in [-0.25, -0.2) is 9.97 Å². The first-order chi connectivity index (χ1) is 12.3. The standard InChI is InChI=1S/C18H21N5O2/c1-25-15-6-4-14(5-7-15)23-18-16(21-22-23)10-19-17(20-18)9-12-2-3-13(8-12)11-24/h4-7,10,12-13,24H,2-3,8-9,11H2,1H3/t12-,13-/m0/s1. The average Bonchev–Trinajstić information content (AvgIpc) is 3.28. The zero-order valence-electron chi connectivity index (χ0n) is 14.2. The Kier molecular flexibility index (Phi) is 4.31. The van der Waals surface area contributed by atoms with E-state index in [2.05, 4.69) is 15.3 Å².